The number of amides is 1. The monoisotopic (exact) mass is 269 g/mol. The molecule has 3 rings (SSSR count). The van der Waals surface area contributed by atoms with Gasteiger partial charge in [0.2, 0.25) is 0 Å². The molecule has 0 aromatic carbocycles. The van der Waals surface area contributed by atoms with E-state index >= 15 is 0 Å². The third kappa shape index (κ3) is 2.80. The Morgan fingerprint density at radius 3 is 3.05 bits per heavy atom. The molecular formula is C14H15N5O. The molecule has 102 valence electrons. The van der Waals surface area contributed by atoms with Crippen LogP contribution in [-0.2, 0) is 0 Å². The van der Waals surface area contributed by atoms with Crippen molar-refractivity contribution in [1.82, 2.24) is 20.3 Å². The topological polar surface area (TPSA) is 79.8 Å². The minimum absolute atomic E-state index is 0.249. The molecule has 2 aromatic heterocycles. The van der Waals surface area contributed by atoms with Gasteiger partial charge in [-0.25, -0.2) is 9.97 Å². The van der Waals surface area contributed by atoms with E-state index in [1.807, 2.05) is 12.1 Å². The predicted octanol–water partition coefficient (Wildman–Crippen LogP) is 1.55. The van der Waals surface area contributed by atoms with Crippen LogP contribution in [-0.4, -0.2) is 27.4 Å². The maximum Gasteiger partial charge on any atom is 0.275 e. The van der Waals surface area contributed by atoms with E-state index in [0.29, 0.717) is 11.5 Å². The lowest BCUT2D eigenvalue weighted by Crippen LogP contribution is -2.18. The van der Waals surface area contributed by atoms with E-state index in [1.165, 1.54) is 12.4 Å². The fourth-order valence-corrected chi connectivity index (χ4v) is 2.25. The molecule has 1 fully saturated rings. The van der Waals surface area contributed by atoms with E-state index in [4.69, 9.17) is 0 Å². The second kappa shape index (κ2) is 5.75. The molecule has 1 atom stereocenters. The number of carbonyl (C=O) groups is 1. The molecule has 1 aliphatic rings. The molecule has 2 N–H and O–H groups in total. The molecular weight excluding hydrogens is 254 g/mol. The van der Waals surface area contributed by atoms with Crippen molar-refractivity contribution in [3.05, 3.63) is 48.2 Å². The summed E-state index contributed by atoms with van der Waals surface area (Å²) in [5.74, 6) is 0.147. The van der Waals surface area contributed by atoms with Gasteiger partial charge in [-0.3, -0.25) is 9.78 Å². The van der Waals surface area contributed by atoms with Crippen LogP contribution in [0.1, 0.15) is 35.1 Å². The molecule has 6 nitrogen and oxygen atoms in total. The maximum atomic E-state index is 12.1. The first-order chi connectivity index (χ1) is 9.83. The molecule has 0 saturated carbocycles. The summed E-state index contributed by atoms with van der Waals surface area (Å²) in [6.07, 6.45) is 6.78. The Morgan fingerprint density at radius 2 is 2.30 bits per heavy atom. The van der Waals surface area contributed by atoms with E-state index in [0.717, 1.165) is 25.1 Å². The lowest BCUT2D eigenvalue weighted by atomic mass is 10.1. The van der Waals surface area contributed by atoms with Gasteiger partial charge < -0.3 is 10.6 Å². The highest BCUT2D eigenvalue weighted by molar-refractivity contribution is 6.02. The van der Waals surface area contributed by atoms with Gasteiger partial charge in [0, 0.05) is 18.4 Å². The molecule has 0 radical (unpaired) electrons. The summed E-state index contributed by atoms with van der Waals surface area (Å²) in [5, 5.41) is 6.05. The van der Waals surface area contributed by atoms with Gasteiger partial charge in [-0.1, -0.05) is 6.07 Å². The van der Waals surface area contributed by atoms with Crippen LogP contribution < -0.4 is 10.6 Å². The standard InChI is InChI=1S/C14H15N5O/c20-14(19-13-9-15-7-8-17-13)12-4-1-3-11(18-12)10-5-2-6-16-10/h1,3-4,7-10,16H,2,5-6H2,(H,17,19,20)/t10-/m1/s1. The van der Waals surface area contributed by atoms with Gasteiger partial charge in [-0.2, -0.15) is 0 Å². The minimum Gasteiger partial charge on any atom is -0.309 e. The summed E-state index contributed by atoms with van der Waals surface area (Å²) < 4.78 is 0. The number of nitrogens with zero attached hydrogens (tertiary/aromatic N) is 3. The summed E-state index contributed by atoms with van der Waals surface area (Å²) in [7, 11) is 0. The number of pyridine rings is 1. The zero-order valence-corrected chi connectivity index (χ0v) is 10.9. The van der Waals surface area contributed by atoms with Crippen molar-refractivity contribution in [3.63, 3.8) is 0 Å². The third-order valence-electron chi connectivity index (χ3n) is 3.23. The number of aromatic nitrogens is 3. The molecule has 0 spiro atoms. The molecule has 6 heteroatoms. The highest BCUT2D eigenvalue weighted by Gasteiger charge is 2.18. The van der Waals surface area contributed by atoms with Gasteiger partial charge in [0.25, 0.3) is 5.91 Å². The zero-order chi connectivity index (χ0) is 13.8. The van der Waals surface area contributed by atoms with E-state index in [1.54, 1.807) is 12.3 Å². The van der Waals surface area contributed by atoms with Crippen molar-refractivity contribution in [2.24, 2.45) is 0 Å². The first kappa shape index (κ1) is 12.7. The first-order valence-corrected chi connectivity index (χ1v) is 6.60. The fraction of sp³-hybridized carbons (Fsp3) is 0.286. The van der Waals surface area contributed by atoms with Crippen molar-refractivity contribution >= 4 is 11.7 Å². The summed E-state index contributed by atoms with van der Waals surface area (Å²) in [5.41, 5.74) is 1.30. The number of anilines is 1. The lowest BCUT2D eigenvalue weighted by molar-refractivity contribution is 0.102. The van der Waals surface area contributed by atoms with E-state index in [9.17, 15) is 4.79 Å². The molecule has 1 saturated heterocycles. The van der Waals surface area contributed by atoms with Crippen molar-refractivity contribution in [2.75, 3.05) is 11.9 Å². The average Bonchev–Trinajstić information content (AvgIpc) is 3.03. The minimum atomic E-state index is -0.273. The van der Waals surface area contributed by atoms with Crippen LogP contribution in [0, 0.1) is 0 Å². The van der Waals surface area contributed by atoms with Crippen LogP contribution in [0.2, 0.25) is 0 Å². The highest BCUT2D eigenvalue weighted by Crippen LogP contribution is 2.21. The average molecular weight is 269 g/mol. The fourth-order valence-electron chi connectivity index (χ4n) is 2.25. The Kier molecular flexibility index (Phi) is 3.64. The summed E-state index contributed by atoms with van der Waals surface area (Å²) in [4.78, 5) is 24.5. The van der Waals surface area contributed by atoms with Crippen LogP contribution >= 0.6 is 0 Å². The Balaban J connectivity index is 1.76. The second-order valence-corrected chi connectivity index (χ2v) is 4.64. The summed E-state index contributed by atoms with van der Waals surface area (Å²) in [6.45, 7) is 1.00. The first-order valence-electron chi connectivity index (χ1n) is 6.60. The predicted molar refractivity (Wildman–Crippen MR) is 74.2 cm³/mol. The number of hydrogen-bond acceptors (Lipinski definition) is 5. The number of hydrogen-bond donors (Lipinski definition) is 2. The van der Waals surface area contributed by atoms with Crippen LogP contribution in [0.3, 0.4) is 0 Å². The molecule has 20 heavy (non-hydrogen) atoms. The summed E-state index contributed by atoms with van der Waals surface area (Å²) >= 11 is 0. The van der Waals surface area contributed by atoms with Crippen LogP contribution in [0.4, 0.5) is 5.82 Å². The van der Waals surface area contributed by atoms with E-state index in [2.05, 4.69) is 25.6 Å². The van der Waals surface area contributed by atoms with Gasteiger partial charge in [-0.15, -0.1) is 0 Å². The Hall–Kier alpha value is -2.34. The third-order valence-corrected chi connectivity index (χ3v) is 3.23. The van der Waals surface area contributed by atoms with Crippen LogP contribution in [0.15, 0.2) is 36.8 Å². The largest absolute Gasteiger partial charge is 0.309 e. The Labute approximate surface area is 116 Å². The molecule has 1 amide bonds. The van der Waals surface area contributed by atoms with Crippen molar-refractivity contribution in [2.45, 2.75) is 18.9 Å². The van der Waals surface area contributed by atoms with Gasteiger partial charge in [0.05, 0.1) is 11.9 Å². The summed E-state index contributed by atoms with van der Waals surface area (Å²) in [6, 6.07) is 5.75. The zero-order valence-electron chi connectivity index (χ0n) is 10.9. The second-order valence-electron chi connectivity index (χ2n) is 4.64. The highest BCUT2D eigenvalue weighted by atomic mass is 16.1. The van der Waals surface area contributed by atoms with E-state index in [-0.39, 0.29) is 11.9 Å². The Bertz CT molecular complexity index is 596. The smallest absolute Gasteiger partial charge is 0.275 e. The van der Waals surface area contributed by atoms with Crippen molar-refractivity contribution < 1.29 is 4.79 Å². The van der Waals surface area contributed by atoms with Crippen molar-refractivity contribution in [1.29, 1.82) is 0 Å². The molecule has 0 bridgehead atoms. The number of carbonyl (C=O) groups excluding carboxylic acids is 1. The molecule has 0 unspecified atom stereocenters. The maximum absolute atomic E-state index is 12.1. The van der Waals surface area contributed by atoms with Gasteiger partial charge in [0.15, 0.2) is 5.82 Å². The Morgan fingerprint density at radius 1 is 1.35 bits per heavy atom. The van der Waals surface area contributed by atoms with Crippen molar-refractivity contribution in [3.8, 4) is 0 Å². The number of nitrogens with one attached hydrogen (secondary N) is 2. The molecule has 2 aromatic rings. The molecule has 1 aliphatic heterocycles. The van der Waals surface area contributed by atoms with Gasteiger partial charge >= 0.3 is 0 Å². The van der Waals surface area contributed by atoms with Gasteiger partial charge in [0.1, 0.15) is 5.69 Å². The van der Waals surface area contributed by atoms with Crippen LogP contribution in [0.25, 0.3) is 0 Å². The number of rotatable bonds is 3. The molecule has 3 heterocycles. The van der Waals surface area contributed by atoms with Gasteiger partial charge in [-0.05, 0) is 31.5 Å². The SMILES string of the molecule is O=C(Nc1cnccn1)c1cccc([C@H]2CCCN2)n1. The quantitative estimate of drug-likeness (QED) is 0.883. The lowest BCUT2D eigenvalue weighted by Gasteiger charge is -2.10. The molecule has 0 aliphatic carbocycles. The normalized spacial score (nSPS) is 17.9. The van der Waals surface area contributed by atoms with E-state index < -0.39 is 0 Å². The van der Waals surface area contributed by atoms with Crippen LogP contribution in [0.5, 0.6) is 0 Å².